The van der Waals surface area contributed by atoms with E-state index in [1.807, 2.05) is 13.8 Å². The van der Waals surface area contributed by atoms with Crippen molar-refractivity contribution in [2.75, 3.05) is 17.3 Å². The summed E-state index contributed by atoms with van der Waals surface area (Å²) >= 11 is 0. The number of nitrogens with zero attached hydrogens (tertiary/aromatic N) is 3. The lowest BCUT2D eigenvalue weighted by Crippen LogP contribution is -2.42. The number of ether oxygens (including phenoxy) is 2. The van der Waals surface area contributed by atoms with Gasteiger partial charge in [-0.1, -0.05) is 13.0 Å². The van der Waals surface area contributed by atoms with E-state index in [4.69, 9.17) is 9.47 Å². The van der Waals surface area contributed by atoms with Crippen LogP contribution in [0.2, 0.25) is 0 Å². The van der Waals surface area contributed by atoms with Crippen molar-refractivity contribution in [2.24, 2.45) is 11.8 Å². The first kappa shape index (κ1) is 27.7. The maximum Gasteiger partial charge on any atom is 0.511 e. The van der Waals surface area contributed by atoms with Crippen molar-refractivity contribution in [3.63, 3.8) is 0 Å². The number of rotatable bonds is 8. The first-order valence-electron chi connectivity index (χ1n) is 13.1. The van der Waals surface area contributed by atoms with Crippen molar-refractivity contribution in [1.82, 2.24) is 9.78 Å². The summed E-state index contributed by atoms with van der Waals surface area (Å²) in [4.78, 5) is 39.2. The van der Waals surface area contributed by atoms with Gasteiger partial charge in [-0.25, -0.2) is 9.48 Å². The molecule has 0 spiro atoms. The van der Waals surface area contributed by atoms with Crippen LogP contribution in [0, 0.1) is 11.8 Å². The van der Waals surface area contributed by atoms with Crippen molar-refractivity contribution in [1.29, 1.82) is 0 Å². The Hall–Kier alpha value is -4.34. The normalized spacial score (nSPS) is 16.9. The summed E-state index contributed by atoms with van der Waals surface area (Å²) in [6.45, 7) is 5.93. The Morgan fingerprint density at radius 2 is 1.77 bits per heavy atom. The molecule has 0 unspecified atom stereocenters. The highest BCUT2D eigenvalue weighted by Crippen LogP contribution is 2.35. The Bertz CT molecular complexity index is 1330. The second kappa shape index (κ2) is 12.0. The summed E-state index contributed by atoms with van der Waals surface area (Å²) in [5.41, 5.74) is 1.61. The van der Waals surface area contributed by atoms with E-state index in [2.05, 4.69) is 17.3 Å². The number of aromatic nitrogens is 2. The third kappa shape index (κ3) is 6.57. The van der Waals surface area contributed by atoms with Crippen LogP contribution in [0.3, 0.4) is 0 Å². The van der Waals surface area contributed by atoms with Crippen molar-refractivity contribution in [3.05, 3.63) is 60.3 Å². The molecule has 1 heterocycles. The van der Waals surface area contributed by atoms with E-state index >= 15 is 0 Å². The minimum atomic E-state index is -1.49. The predicted molar refractivity (Wildman–Crippen MR) is 147 cm³/mol. The Balaban J connectivity index is 1.58. The van der Waals surface area contributed by atoms with Crippen LogP contribution in [-0.4, -0.2) is 46.0 Å². The number of hydrogen-bond acceptors (Lipinski definition) is 6. The number of methoxy groups -OCH3 is 1. The maximum absolute atomic E-state index is 13.6. The lowest BCUT2D eigenvalue weighted by Gasteiger charge is -2.32. The zero-order valence-corrected chi connectivity index (χ0v) is 22.6. The number of hydrogen-bond donors (Lipinski definition) is 2. The number of carbonyl (C=O) groups is 3. The summed E-state index contributed by atoms with van der Waals surface area (Å²) in [6.07, 6.45) is 3.50. The van der Waals surface area contributed by atoms with Crippen molar-refractivity contribution >= 4 is 29.5 Å². The minimum absolute atomic E-state index is 0.0240. The van der Waals surface area contributed by atoms with Crippen LogP contribution in [-0.2, 0) is 4.79 Å². The lowest BCUT2D eigenvalue weighted by molar-refractivity contribution is -0.124. The molecule has 0 saturated heterocycles. The number of nitrogens with one attached hydrogen (secondary N) is 1. The summed E-state index contributed by atoms with van der Waals surface area (Å²) in [5.74, 6) is 0.805. The smallest absolute Gasteiger partial charge is 0.497 e. The van der Waals surface area contributed by atoms with Gasteiger partial charge in [0.05, 0.1) is 19.0 Å². The monoisotopic (exact) mass is 534 g/mol. The maximum atomic E-state index is 13.6. The highest BCUT2D eigenvalue weighted by atomic mass is 16.7. The number of anilines is 2. The first-order valence-corrected chi connectivity index (χ1v) is 13.1. The van der Waals surface area contributed by atoms with E-state index < -0.39 is 6.16 Å². The van der Waals surface area contributed by atoms with Crippen molar-refractivity contribution in [3.8, 4) is 17.2 Å². The second-order valence-electron chi connectivity index (χ2n) is 10.1. The standard InChI is InChI=1S/C29H34N4O6/c1-18(2)33(28(35)20-10-8-19(3)9-11-20)26-25(39-29(36)37)17-32(31-26)23-14-12-22(13-15-23)30-27(34)21-6-5-7-24(16-21)38-4/h5-7,12-20H,8-11H2,1-4H3,(H,30,34)(H,36,37). The topological polar surface area (TPSA) is 123 Å². The molecule has 0 bridgehead atoms. The number of carbonyl (C=O) groups excluding carboxylic acids is 2. The molecule has 206 valence electrons. The van der Waals surface area contributed by atoms with Gasteiger partial charge >= 0.3 is 6.16 Å². The SMILES string of the molecule is COc1cccc(C(=O)Nc2ccc(-n3cc(OC(=O)O)c(N(C(=O)C4CCC(C)CC4)C(C)C)n3)cc2)c1. The van der Waals surface area contributed by atoms with E-state index in [1.165, 1.54) is 22.9 Å². The van der Waals surface area contributed by atoms with Gasteiger partial charge in [-0.05, 0) is 87.9 Å². The molecule has 1 saturated carbocycles. The third-order valence-corrected chi connectivity index (χ3v) is 6.93. The molecule has 1 aromatic heterocycles. The van der Waals surface area contributed by atoms with E-state index in [0.29, 0.717) is 28.6 Å². The van der Waals surface area contributed by atoms with Gasteiger partial charge in [-0.3, -0.25) is 14.5 Å². The van der Waals surface area contributed by atoms with Crippen LogP contribution < -0.4 is 19.7 Å². The van der Waals surface area contributed by atoms with Crippen LogP contribution in [0.15, 0.2) is 54.7 Å². The van der Waals surface area contributed by atoms with E-state index in [1.54, 1.807) is 48.5 Å². The van der Waals surface area contributed by atoms with Gasteiger partial charge in [-0.15, -0.1) is 5.10 Å². The quantitative estimate of drug-likeness (QED) is 0.352. The molecule has 1 aliphatic carbocycles. The van der Waals surface area contributed by atoms with Crippen molar-refractivity contribution < 1.29 is 29.0 Å². The summed E-state index contributed by atoms with van der Waals surface area (Å²) in [5, 5.41) is 16.8. The Labute approximate surface area is 227 Å². The highest BCUT2D eigenvalue weighted by molar-refractivity contribution is 6.04. The van der Waals surface area contributed by atoms with E-state index in [9.17, 15) is 19.5 Å². The van der Waals surface area contributed by atoms with E-state index in [0.717, 1.165) is 25.7 Å². The molecule has 0 atom stereocenters. The number of carboxylic acid groups (broad SMARTS) is 1. The first-order chi connectivity index (χ1) is 18.7. The molecule has 2 aromatic carbocycles. The fourth-order valence-electron chi connectivity index (χ4n) is 4.79. The molecular formula is C29H34N4O6. The Morgan fingerprint density at radius 3 is 2.38 bits per heavy atom. The zero-order chi connectivity index (χ0) is 28.1. The average molecular weight is 535 g/mol. The van der Waals surface area contributed by atoms with Crippen LogP contribution in [0.25, 0.3) is 5.69 Å². The number of amides is 2. The van der Waals surface area contributed by atoms with Gasteiger partial charge in [0.1, 0.15) is 5.75 Å². The van der Waals surface area contributed by atoms with Gasteiger partial charge in [-0.2, -0.15) is 0 Å². The molecule has 1 fully saturated rings. The fourth-order valence-corrected chi connectivity index (χ4v) is 4.79. The number of benzene rings is 2. The van der Waals surface area contributed by atoms with Gasteiger partial charge in [0.15, 0.2) is 5.75 Å². The van der Waals surface area contributed by atoms with Gasteiger partial charge < -0.3 is 19.9 Å². The summed E-state index contributed by atoms with van der Waals surface area (Å²) in [6, 6.07) is 13.5. The predicted octanol–water partition coefficient (Wildman–Crippen LogP) is 5.76. The highest BCUT2D eigenvalue weighted by Gasteiger charge is 2.34. The molecule has 39 heavy (non-hydrogen) atoms. The molecule has 0 aliphatic heterocycles. The summed E-state index contributed by atoms with van der Waals surface area (Å²) in [7, 11) is 1.54. The zero-order valence-electron chi connectivity index (χ0n) is 22.6. The molecule has 10 heteroatoms. The Kier molecular flexibility index (Phi) is 8.53. The average Bonchev–Trinajstić information content (AvgIpc) is 3.31. The second-order valence-corrected chi connectivity index (χ2v) is 10.1. The molecule has 0 radical (unpaired) electrons. The van der Waals surface area contributed by atoms with Crippen LogP contribution in [0.4, 0.5) is 16.3 Å². The lowest BCUT2D eigenvalue weighted by atomic mass is 9.82. The largest absolute Gasteiger partial charge is 0.511 e. The minimum Gasteiger partial charge on any atom is -0.497 e. The van der Waals surface area contributed by atoms with Gasteiger partial charge in [0, 0.05) is 23.2 Å². The molecular weight excluding hydrogens is 500 g/mol. The fraction of sp³-hybridized carbons (Fsp3) is 0.379. The van der Waals surface area contributed by atoms with Gasteiger partial charge in [0.2, 0.25) is 11.7 Å². The van der Waals surface area contributed by atoms with Crippen molar-refractivity contribution in [2.45, 2.75) is 52.5 Å². The van der Waals surface area contributed by atoms with Crippen LogP contribution in [0.5, 0.6) is 11.5 Å². The Morgan fingerprint density at radius 1 is 1.08 bits per heavy atom. The molecule has 1 aliphatic rings. The molecule has 4 rings (SSSR count). The molecule has 2 amide bonds. The third-order valence-electron chi connectivity index (χ3n) is 6.93. The van der Waals surface area contributed by atoms with Gasteiger partial charge in [0.25, 0.3) is 5.91 Å². The van der Waals surface area contributed by atoms with Crippen LogP contribution >= 0.6 is 0 Å². The van der Waals surface area contributed by atoms with Crippen LogP contribution in [0.1, 0.15) is 56.8 Å². The molecule has 10 nitrogen and oxygen atoms in total. The summed E-state index contributed by atoms with van der Waals surface area (Å²) < 4.78 is 11.7. The molecule has 2 N–H and O–H groups in total. The van der Waals surface area contributed by atoms with E-state index in [-0.39, 0.29) is 35.3 Å². The molecule has 3 aromatic rings.